The molecule has 0 saturated heterocycles. The average molecular weight is 197 g/mol. The molecule has 0 aromatic carbocycles. The first-order valence-electron chi connectivity index (χ1n) is 4.46. The van der Waals surface area contributed by atoms with Crippen LogP contribution in [0.5, 0.6) is 0 Å². The van der Waals surface area contributed by atoms with Gasteiger partial charge in [-0.3, -0.25) is 4.79 Å². The number of carbonyl (C=O) groups is 1. The number of aromatic nitrogens is 2. The topological polar surface area (TPSA) is 67.2 Å². The second kappa shape index (κ2) is 4.23. The molecule has 0 amide bonds. The van der Waals surface area contributed by atoms with Crippen molar-refractivity contribution in [3.8, 4) is 0 Å². The van der Waals surface area contributed by atoms with Crippen LogP contribution in [0.15, 0.2) is 18.7 Å². The minimum absolute atomic E-state index is 0.607. The molecule has 0 atom stereocenters. The van der Waals surface area contributed by atoms with Gasteiger partial charge in [0.15, 0.2) is 0 Å². The van der Waals surface area contributed by atoms with Crippen molar-refractivity contribution in [1.82, 2.24) is 14.9 Å². The van der Waals surface area contributed by atoms with Crippen LogP contribution in [0.3, 0.4) is 0 Å². The molecule has 0 aliphatic heterocycles. The Morgan fingerprint density at radius 1 is 1.64 bits per heavy atom. The van der Waals surface area contributed by atoms with Gasteiger partial charge in [0.1, 0.15) is 5.54 Å². The largest absolute Gasteiger partial charge is 0.480 e. The van der Waals surface area contributed by atoms with Gasteiger partial charge >= 0.3 is 5.97 Å². The third-order valence-corrected chi connectivity index (χ3v) is 2.03. The zero-order chi connectivity index (χ0) is 10.6. The van der Waals surface area contributed by atoms with Crippen molar-refractivity contribution < 1.29 is 9.90 Å². The van der Waals surface area contributed by atoms with Gasteiger partial charge in [-0.2, -0.15) is 0 Å². The van der Waals surface area contributed by atoms with E-state index < -0.39 is 11.5 Å². The van der Waals surface area contributed by atoms with Crippen molar-refractivity contribution in [3.05, 3.63) is 18.7 Å². The Bertz CT molecular complexity index is 293. The smallest absolute Gasteiger partial charge is 0.323 e. The molecule has 0 fully saturated rings. The van der Waals surface area contributed by atoms with E-state index in [0.717, 1.165) is 6.54 Å². The van der Waals surface area contributed by atoms with Gasteiger partial charge in [0, 0.05) is 25.5 Å². The highest BCUT2D eigenvalue weighted by Crippen LogP contribution is 2.00. The molecule has 1 aromatic rings. The summed E-state index contributed by atoms with van der Waals surface area (Å²) in [5.74, 6) is -0.844. The maximum atomic E-state index is 10.7. The van der Waals surface area contributed by atoms with Crippen molar-refractivity contribution >= 4 is 5.97 Å². The summed E-state index contributed by atoms with van der Waals surface area (Å²) in [7, 11) is 0. The first kappa shape index (κ1) is 10.7. The molecule has 0 radical (unpaired) electrons. The van der Waals surface area contributed by atoms with Gasteiger partial charge in [0.25, 0.3) is 0 Å². The van der Waals surface area contributed by atoms with E-state index in [9.17, 15) is 4.79 Å². The quantitative estimate of drug-likeness (QED) is 0.714. The van der Waals surface area contributed by atoms with Gasteiger partial charge in [-0.1, -0.05) is 0 Å². The normalized spacial score (nSPS) is 11.6. The summed E-state index contributed by atoms with van der Waals surface area (Å²) in [6, 6.07) is 0. The van der Waals surface area contributed by atoms with Crippen LogP contribution in [0.25, 0.3) is 0 Å². The Morgan fingerprint density at radius 2 is 2.36 bits per heavy atom. The maximum Gasteiger partial charge on any atom is 0.323 e. The number of hydrogen-bond donors (Lipinski definition) is 2. The monoisotopic (exact) mass is 197 g/mol. The predicted octanol–water partition coefficient (Wildman–Crippen LogP) is 0.336. The molecule has 0 saturated carbocycles. The van der Waals surface area contributed by atoms with E-state index >= 15 is 0 Å². The number of hydrogen-bond acceptors (Lipinski definition) is 3. The van der Waals surface area contributed by atoms with Crippen LogP contribution in [0.1, 0.15) is 13.8 Å². The van der Waals surface area contributed by atoms with Gasteiger partial charge in [-0.25, -0.2) is 4.98 Å². The van der Waals surface area contributed by atoms with E-state index in [4.69, 9.17) is 5.11 Å². The number of nitrogens with zero attached hydrogens (tertiary/aromatic N) is 2. The standard InChI is InChI=1S/C9H15N3O2/c1-9(2,8(13)14)11-4-6-12-5-3-10-7-12/h3,5,7,11H,4,6H2,1-2H3,(H,13,14). The molecular formula is C9H15N3O2. The molecule has 2 N–H and O–H groups in total. The van der Waals surface area contributed by atoms with E-state index in [1.54, 1.807) is 26.4 Å². The van der Waals surface area contributed by atoms with Gasteiger partial charge in [-0.05, 0) is 13.8 Å². The van der Waals surface area contributed by atoms with Crippen LogP contribution in [0.2, 0.25) is 0 Å². The highest BCUT2D eigenvalue weighted by Gasteiger charge is 2.25. The third-order valence-electron chi connectivity index (χ3n) is 2.03. The first-order chi connectivity index (χ1) is 6.52. The van der Waals surface area contributed by atoms with Gasteiger partial charge in [0.05, 0.1) is 6.33 Å². The molecule has 0 spiro atoms. The maximum absolute atomic E-state index is 10.7. The molecule has 0 bridgehead atoms. The Hall–Kier alpha value is -1.36. The van der Waals surface area contributed by atoms with Crippen molar-refractivity contribution in [2.24, 2.45) is 0 Å². The lowest BCUT2D eigenvalue weighted by molar-refractivity contribution is -0.143. The number of rotatable bonds is 5. The molecule has 14 heavy (non-hydrogen) atoms. The van der Waals surface area contributed by atoms with E-state index in [-0.39, 0.29) is 0 Å². The second-order valence-corrected chi connectivity index (χ2v) is 3.66. The Kier molecular flexibility index (Phi) is 3.24. The van der Waals surface area contributed by atoms with Crippen LogP contribution in [0, 0.1) is 0 Å². The molecule has 1 rings (SSSR count). The summed E-state index contributed by atoms with van der Waals surface area (Å²) in [6.07, 6.45) is 5.24. The molecule has 5 heteroatoms. The van der Waals surface area contributed by atoms with Crippen LogP contribution < -0.4 is 5.32 Å². The van der Waals surface area contributed by atoms with Crippen molar-refractivity contribution in [1.29, 1.82) is 0 Å². The molecular weight excluding hydrogens is 182 g/mol. The summed E-state index contributed by atoms with van der Waals surface area (Å²) in [5.41, 5.74) is -0.874. The number of aliphatic carboxylic acids is 1. The van der Waals surface area contributed by atoms with Gasteiger partial charge < -0.3 is 15.0 Å². The van der Waals surface area contributed by atoms with Gasteiger partial charge in [0.2, 0.25) is 0 Å². The van der Waals surface area contributed by atoms with Crippen LogP contribution in [-0.4, -0.2) is 32.7 Å². The second-order valence-electron chi connectivity index (χ2n) is 3.66. The van der Waals surface area contributed by atoms with Crippen molar-refractivity contribution in [3.63, 3.8) is 0 Å². The van der Waals surface area contributed by atoms with E-state index in [1.807, 2.05) is 10.8 Å². The molecule has 0 aliphatic rings. The number of nitrogens with one attached hydrogen (secondary N) is 1. The van der Waals surface area contributed by atoms with E-state index in [1.165, 1.54) is 0 Å². The van der Waals surface area contributed by atoms with Gasteiger partial charge in [-0.15, -0.1) is 0 Å². The number of carboxylic acid groups (broad SMARTS) is 1. The van der Waals surface area contributed by atoms with Crippen LogP contribution in [0.4, 0.5) is 0 Å². The van der Waals surface area contributed by atoms with Crippen LogP contribution in [-0.2, 0) is 11.3 Å². The summed E-state index contributed by atoms with van der Waals surface area (Å²) >= 11 is 0. The Morgan fingerprint density at radius 3 is 2.86 bits per heavy atom. The Labute approximate surface area is 82.8 Å². The lowest BCUT2D eigenvalue weighted by Gasteiger charge is -2.20. The predicted molar refractivity (Wildman–Crippen MR) is 51.9 cm³/mol. The van der Waals surface area contributed by atoms with Crippen molar-refractivity contribution in [2.75, 3.05) is 6.54 Å². The highest BCUT2D eigenvalue weighted by atomic mass is 16.4. The molecule has 78 valence electrons. The SMILES string of the molecule is CC(C)(NCCn1ccnc1)C(=O)O. The summed E-state index contributed by atoms with van der Waals surface area (Å²) in [6.45, 7) is 4.61. The highest BCUT2D eigenvalue weighted by molar-refractivity contribution is 5.77. The molecule has 0 unspecified atom stereocenters. The lowest BCUT2D eigenvalue weighted by atomic mass is 10.1. The average Bonchev–Trinajstić information content (AvgIpc) is 2.56. The minimum Gasteiger partial charge on any atom is -0.480 e. The zero-order valence-corrected chi connectivity index (χ0v) is 8.40. The van der Waals surface area contributed by atoms with Crippen LogP contribution >= 0.6 is 0 Å². The summed E-state index contributed by atoms with van der Waals surface area (Å²) < 4.78 is 1.89. The molecule has 0 aliphatic carbocycles. The lowest BCUT2D eigenvalue weighted by Crippen LogP contribution is -2.47. The van der Waals surface area contributed by atoms with Crippen molar-refractivity contribution in [2.45, 2.75) is 25.9 Å². The number of carboxylic acids is 1. The fourth-order valence-electron chi connectivity index (χ4n) is 0.992. The Balaban J connectivity index is 2.31. The minimum atomic E-state index is -0.874. The van der Waals surface area contributed by atoms with E-state index in [2.05, 4.69) is 10.3 Å². The third kappa shape index (κ3) is 2.85. The molecule has 5 nitrogen and oxygen atoms in total. The summed E-state index contributed by atoms with van der Waals surface area (Å²) in [5, 5.41) is 11.8. The summed E-state index contributed by atoms with van der Waals surface area (Å²) in [4.78, 5) is 14.6. The fourth-order valence-corrected chi connectivity index (χ4v) is 0.992. The van der Waals surface area contributed by atoms with E-state index in [0.29, 0.717) is 6.54 Å². The number of imidazole rings is 1. The zero-order valence-electron chi connectivity index (χ0n) is 8.40. The first-order valence-corrected chi connectivity index (χ1v) is 4.46. The molecule has 1 heterocycles. The fraction of sp³-hybridized carbons (Fsp3) is 0.556. The molecule has 1 aromatic heterocycles.